The standard InChI is InChI=1S/C24H21FN11O6P/c1-34-30-22(28-32-34)19-5-3-13(9-26-19)16-7-17(14-4-6-20(27-10-14)23-29-33-35(2)31-23)21(8-18(16)25)36-11-15(42-24(36)37)12-41-43(38,39)40/h3-10,15H,11-12H2,1-2H3,(H2,38,39,40)/t15-/m1/s1. The predicted molar refractivity (Wildman–Crippen MR) is 144 cm³/mol. The molecule has 0 saturated carbocycles. The Balaban J connectivity index is 1.39. The van der Waals surface area contributed by atoms with E-state index in [-0.39, 0.29) is 17.8 Å². The van der Waals surface area contributed by atoms with Crippen LogP contribution >= 0.6 is 7.82 Å². The molecule has 0 spiro atoms. The van der Waals surface area contributed by atoms with Crippen LogP contribution in [0.2, 0.25) is 0 Å². The lowest BCUT2D eigenvalue weighted by molar-refractivity contribution is 0.0880. The number of carbonyl (C=O) groups excluding carboxylic acids is 1. The van der Waals surface area contributed by atoms with E-state index >= 15 is 4.39 Å². The molecule has 1 aliphatic rings. The minimum Gasteiger partial charge on any atom is -0.441 e. The van der Waals surface area contributed by atoms with E-state index < -0.39 is 32.4 Å². The summed E-state index contributed by atoms with van der Waals surface area (Å²) in [6.45, 7) is -0.705. The number of phosphoric acid groups is 1. The van der Waals surface area contributed by atoms with Crippen molar-refractivity contribution >= 4 is 19.6 Å². The molecule has 19 heteroatoms. The van der Waals surface area contributed by atoms with E-state index in [0.717, 1.165) is 4.90 Å². The van der Waals surface area contributed by atoms with Gasteiger partial charge >= 0.3 is 13.9 Å². The third kappa shape index (κ3) is 5.98. The Labute approximate surface area is 241 Å². The number of aryl methyl sites for hydroxylation is 2. The molecule has 2 N–H and O–H groups in total. The number of hydrogen-bond donors (Lipinski definition) is 2. The molecule has 1 fully saturated rings. The fraction of sp³-hybridized carbons (Fsp3) is 0.208. The van der Waals surface area contributed by atoms with Crippen LogP contribution in [0.15, 0.2) is 48.8 Å². The molecule has 17 nitrogen and oxygen atoms in total. The van der Waals surface area contributed by atoms with Gasteiger partial charge in [-0.05, 0) is 34.7 Å². The number of aromatic nitrogens is 10. The highest BCUT2D eigenvalue weighted by atomic mass is 31.2. The number of ether oxygens (including phenoxy) is 1. The van der Waals surface area contributed by atoms with E-state index in [1.54, 1.807) is 44.4 Å². The fourth-order valence-corrected chi connectivity index (χ4v) is 4.73. The monoisotopic (exact) mass is 609 g/mol. The molecular formula is C24H21FN11O6P. The van der Waals surface area contributed by atoms with Gasteiger partial charge in [-0.3, -0.25) is 19.4 Å². The van der Waals surface area contributed by atoms with E-state index in [4.69, 9.17) is 14.5 Å². The van der Waals surface area contributed by atoms with Crippen LogP contribution in [-0.2, 0) is 27.9 Å². The first-order valence-corrected chi connectivity index (χ1v) is 14.0. The van der Waals surface area contributed by atoms with Crippen LogP contribution in [0.4, 0.5) is 14.9 Å². The highest BCUT2D eigenvalue weighted by Gasteiger charge is 2.36. The van der Waals surface area contributed by atoms with Crippen molar-refractivity contribution in [1.82, 2.24) is 50.4 Å². The second kappa shape index (κ2) is 11.0. The van der Waals surface area contributed by atoms with E-state index in [1.165, 1.54) is 28.1 Å². The average molecular weight is 609 g/mol. The summed E-state index contributed by atoms with van der Waals surface area (Å²) in [5.41, 5.74) is 2.56. The van der Waals surface area contributed by atoms with Gasteiger partial charge in [-0.2, -0.15) is 9.59 Å². The zero-order chi connectivity index (χ0) is 30.3. The number of nitrogens with zero attached hydrogens (tertiary/aromatic N) is 11. The lowest BCUT2D eigenvalue weighted by Crippen LogP contribution is -2.26. The molecule has 1 saturated heterocycles. The third-order valence-electron chi connectivity index (χ3n) is 6.30. The van der Waals surface area contributed by atoms with Crippen molar-refractivity contribution in [3.8, 4) is 45.3 Å². The number of hydrogen-bond acceptors (Lipinski definition) is 12. The van der Waals surface area contributed by atoms with Crippen molar-refractivity contribution in [2.45, 2.75) is 6.10 Å². The van der Waals surface area contributed by atoms with Gasteiger partial charge in [0.15, 0.2) is 0 Å². The van der Waals surface area contributed by atoms with E-state index in [1.807, 2.05) is 0 Å². The summed E-state index contributed by atoms with van der Waals surface area (Å²) in [7, 11) is -1.56. The van der Waals surface area contributed by atoms with Gasteiger partial charge in [-0.25, -0.2) is 13.8 Å². The summed E-state index contributed by atoms with van der Waals surface area (Å²) >= 11 is 0. The molecule has 4 aromatic heterocycles. The van der Waals surface area contributed by atoms with E-state index in [9.17, 15) is 9.36 Å². The normalized spacial score (nSPS) is 15.2. The lowest BCUT2D eigenvalue weighted by Gasteiger charge is -2.20. The Hall–Kier alpha value is -5.03. The van der Waals surface area contributed by atoms with Gasteiger partial charge in [0.05, 0.1) is 32.9 Å². The van der Waals surface area contributed by atoms with Gasteiger partial charge in [0, 0.05) is 34.6 Å². The number of pyridine rings is 2. The highest BCUT2D eigenvalue weighted by molar-refractivity contribution is 7.46. The van der Waals surface area contributed by atoms with Crippen molar-refractivity contribution in [3.05, 3.63) is 54.6 Å². The molecule has 220 valence electrons. The molecule has 0 unspecified atom stereocenters. The van der Waals surface area contributed by atoms with Gasteiger partial charge in [-0.15, -0.1) is 20.4 Å². The number of benzene rings is 1. The van der Waals surface area contributed by atoms with Crippen LogP contribution in [0.1, 0.15) is 0 Å². The maximum atomic E-state index is 15.7. The van der Waals surface area contributed by atoms with Crippen LogP contribution in [0.5, 0.6) is 0 Å². The molecule has 6 rings (SSSR count). The zero-order valence-electron chi connectivity index (χ0n) is 22.4. The minimum absolute atomic E-state index is 0.144. The van der Waals surface area contributed by atoms with Gasteiger partial charge < -0.3 is 14.5 Å². The molecule has 1 aliphatic heterocycles. The molecule has 43 heavy (non-hydrogen) atoms. The maximum Gasteiger partial charge on any atom is 0.469 e. The fourth-order valence-electron chi connectivity index (χ4n) is 4.37. The molecule has 1 aromatic carbocycles. The lowest BCUT2D eigenvalue weighted by atomic mass is 9.97. The van der Waals surface area contributed by atoms with Crippen molar-refractivity contribution in [1.29, 1.82) is 0 Å². The molecule has 0 aliphatic carbocycles. The van der Waals surface area contributed by atoms with E-state index in [2.05, 4.69) is 45.3 Å². The second-order valence-electron chi connectivity index (χ2n) is 9.32. The summed E-state index contributed by atoms with van der Waals surface area (Å²) in [6.07, 6.45) is 1.13. The topological polar surface area (TPSA) is 209 Å². The van der Waals surface area contributed by atoms with Crippen LogP contribution in [-0.4, -0.2) is 85.5 Å². The van der Waals surface area contributed by atoms with Gasteiger partial charge in [-0.1, -0.05) is 12.1 Å². The first-order valence-electron chi connectivity index (χ1n) is 12.5. The average Bonchev–Trinajstić information content (AvgIpc) is 3.71. The Kier molecular flexibility index (Phi) is 7.18. The summed E-state index contributed by atoms with van der Waals surface area (Å²) in [5.74, 6) is -0.0602. The second-order valence-corrected chi connectivity index (χ2v) is 10.6. The van der Waals surface area contributed by atoms with Crippen LogP contribution in [0, 0.1) is 5.82 Å². The first-order chi connectivity index (χ1) is 20.5. The SMILES string of the molecule is Cn1nnc(-c2ccc(-c3cc(-c4ccc(-c5nnn(C)n5)nc4)c(N4C[C@H](COP(=O)(O)O)OC4=O)cc3F)cn2)n1. The Morgan fingerprint density at radius 1 is 0.953 bits per heavy atom. The highest BCUT2D eigenvalue weighted by Crippen LogP contribution is 2.40. The summed E-state index contributed by atoms with van der Waals surface area (Å²) in [5, 5.41) is 23.7. The Bertz CT molecular complexity index is 1860. The molecule has 0 bridgehead atoms. The smallest absolute Gasteiger partial charge is 0.441 e. The number of anilines is 1. The van der Waals surface area contributed by atoms with Gasteiger partial charge in [0.2, 0.25) is 11.6 Å². The Morgan fingerprint density at radius 2 is 1.53 bits per heavy atom. The molecule has 1 atom stereocenters. The summed E-state index contributed by atoms with van der Waals surface area (Å²) < 4.78 is 36.6. The number of rotatable bonds is 8. The number of cyclic esters (lactones) is 1. The van der Waals surface area contributed by atoms with Crippen LogP contribution in [0.3, 0.4) is 0 Å². The van der Waals surface area contributed by atoms with Crippen molar-refractivity contribution in [3.63, 3.8) is 0 Å². The number of phosphoric ester groups is 1. The zero-order valence-corrected chi connectivity index (χ0v) is 23.3. The maximum absolute atomic E-state index is 15.7. The molecule has 1 amide bonds. The Morgan fingerprint density at radius 3 is 2.02 bits per heavy atom. The minimum atomic E-state index is -4.80. The molecule has 5 aromatic rings. The summed E-state index contributed by atoms with van der Waals surface area (Å²) in [6, 6.07) is 9.37. The summed E-state index contributed by atoms with van der Waals surface area (Å²) in [4.78, 5) is 43.4. The van der Waals surface area contributed by atoms with Gasteiger partial charge in [0.25, 0.3) is 0 Å². The van der Waals surface area contributed by atoms with Crippen LogP contribution < -0.4 is 4.90 Å². The third-order valence-corrected chi connectivity index (χ3v) is 6.79. The molecular weight excluding hydrogens is 588 g/mol. The predicted octanol–water partition coefficient (Wildman–Crippen LogP) is 1.77. The quantitative estimate of drug-likeness (QED) is 0.240. The van der Waals surface area contributed by atoms with E-state index in [0.29, 0.717) is 39.7 Å². The number of tetrazole rings is 2. The largest absolute Gasteiger partial charge is 0.469 e. The molecule has 5 heterocycles. The number of amides is 1. The first kappa shape index (κ1) is 28.1. The van der Waals surface area contributed by atoms with Crippen molar-refractivity contribution in [2.75, 3.05) is 18.1 Å². The van der Waals surface area contributed by atoms with Crippen LogP contribution in [0.25, 0.3) is 45.3 Å². The molecule has 0 radical (unpaired) electrons. The number of halogens is 1. The van der Waals surface area contributed by atoms with Crippen molar-refractivity contribution < 1.29 is 32.8 Å². The number of carbonyl (C=O) groups is 1. The van der Waals surface area contributed by atoms with Crippen molar-refractivity contribution in [2.24, 2.45) is 14.1 Å². The van der Waals surface area contributed by atoms with Gasteiger partial charge in [0.1, 0.15) is 23.3 Å².